The van der Waals surface area contributed by atoms with Crippen LogP contribution in [-0.2, 0) is 4.79 Å². The van der Waals surface area contributed by atoms with Gasteiger partial charge in [0.15, 0.2) is 6.10 Å². The Hall–Kier alpha value is -2.82. The van der Waals surface area contributed by atoms with Gasteiger partial charge in [0.2, 0.25) is 0 Å². The van der Waals surface area contributed by atoms with Gasteiger partial charge in [0.05, 0.1) is 0 Å². The number of carbonyl (C=O) groups is 2. The van der Waals surface area contributed by atoms with Crippen molar-refractivity contribution in [2.45, 2.75) is 52.1 Å². The number of amides is 2. The smallest absolute Gasteiger partial charge is 0.265 e. The summed E-state index contributed by atoms with van der Waals surface area (Å²) in [6, 6.07) is 14.9. The van der Waals surface area contributed by atoms with Crippen LogP contribution in [0, 0.1) is 0 Å². The zero-order valence-corrected chi connectivity index (χ0v) is 17.5. The molecule has 1 saturated heterocycles. The Bertz CT molecular complexity index is 839. The molecule has 1 unspecified atom stereocenters. The van der Waals surface area contributed by atoms with E-state index in [2.05, 4.69) is 19.2 Å². The van der Waals surface area contributed by atoms with E-state index in [1.54, 1.807) is 31.2 Å². The minimum Gasteiger partial charge on any atom is -0.481 e. The van der Waals surface area contributed by atoms with Crippen LogP contribution in [0.15, 0.2) is 48.5 Å². The second-order valence-corrected chi connectivity index (χ2v) is 7.91. The second-order valence-electron chi connectivity index (χ2n) is 7.91. The van der Waals surface area contributed by atoms with Crippen molar-refractivity contribution in [3.8, 4) is 5.75 Å². The Kier molecular flexibility index (Phi) is 6.91. The molecule has 0 spiro atoms. The summed E-state index contributed by atoms with van der Waals surface area (Å²) in [5.74, 6) is 0.881. The topological polar surface area (TPSA) is 58.6 Å². The van der Waals surface area contributed by atoms with Gasteiger partial charge in [0.25, 0.3) is 11.8 Å². The number of rotatable bonds is 6. The highest BCUT2D eigenvalue weighted by atomic mass is 16.5. The maximum atomic E-state index is 12.7. The van der Waals surface area contributed by atoms with Crippen molar-refractivity contribution in [2.75, 3.05) is 18.4 Å². The van der Waals surface area contributed by atoms with Crippen LogP contribution in [0.5, 0.6) is 5.75 Å². The number of carbonyl (C=O) groups excluding carboxylic acids is 2. The van der Waals surface area contributed by atoms with Crippen molar-refractivity contribution < 1.29 is 14.3 Å². The van der Waals surface area contributed by atoms with Gasteiger partial charge in [0.1, 0.15) is 5.75 Å². The van der Waals surface area contributed by atoms with E-state index < -0.39 is 6.10 Å². The highest BCUT2D eigenvalue weighted by molar-refractivity contribution is 5.98. The SMILES string of the molecule is CC(Oc1ccc(C(C)C)cc1)C(=O)Nc1cccc(C(=O)N2CCCCC2)c1. The molecule has 0 aromatic heterocycles. The third kappa shape index (κ3) is 5.59. The predicted molar refractivity (Wildman–Crippen MR) is 115 cm³/mol. The number of anilines is 1. The molecule has 1 fully saturated rings. The monoisotopic (exact) mass is 394 g/mol. The molecule has 0 aliphatic carbocycles. The molecule has 1 aliphatic rings. The van der Waals surface area contributed by atoms with Gasteiger partial charge in [-0.1, -0.05) is 32.0 Å². The minimum atomic E-state index is -0.652. The number of piperidine rings is 1. The molecule has 1 atom stereocenters. The first kappa shape index (κ1) is 20.9. The molecule has 3 rings (SSSR count). The largest absolute Gasteiger partial charge is 0.481 e. The first-order valence-corrected chi connectivity index (χ1v) is 10.4. The number of benzene rings is 2. The van der Waals surface area contributed by atoms with Crippen LogP contribution in [-0.4, -0.2) is 35.9 Å². The molecule has 154 valence electrons. The van der Waals surface area contributed by atoms with E-state index in [9.17, 15) is 9.59 Å². The van der Waals surface area contributed by atoms with Gasteiger partial charge in [-0.15, -0.1) is 0 Å². The highest BCUT2D eigenvalue weighted by Crippen LogP contribution is 2.20. The fourth-order valence-electron chi connectivity index (χ4n) is 3.44. The first-order chi connectivity index (χ1) is 13.9. The molecule has 0 bridgehead atoms. The van der Waals surface area contributed by atoms with Crippen LogP contribution in [0.1, 0.15) is 61.9 Å². The third-order valence-electron chi connectivity index (χ3n) is 5.25. The van der Waals surface area contributed by atoms with E-state index in [1.165, 1.54) is 12.0 Å². The number of ether oxygens (including phenoxy) is 1. The Morgan fingerprint density at radius 3 is 2.31 bits per heavy atom. The van der Waals surface area contributed by atoms with Crippen molar-refractivity contribution in [1.29, 1.82) is 0 Å². The Morgan fingerprint density at radius 1 is 0.966 bits per heavy atom. The van der Waals surface area contributed by atoms with Crippen molar-refractivity contribution >= 4 is 17.5 Å². The zero-order chi connectivity index (χ0) is 20.8. The lowest BCUT2D eigenvalue weighted by molar-refractivity contribution is -0.122. The molecule has 5 nitrogen and oxygen atoms in total. The van der Waals surface area contributed by atoms with Crippen molar-refractivity contribution in [1.82, 2.24) is 4.90 Å². The molecular formula is C24H30N2O3. The van der Waals surface area contributed by atoms with Gasteiger partial charge in [-0.25, -0.2) is 0 Å². The van der Waals surface area contributed by atoms with Gasteiger partial charge >= 0.3 is 0 Å². The van der Waals surface area contributed by atoms with Crippen LogP contribution < -0.4 is 10.1 Å². The Morgan fingerprint density at radius 2 is 1.66 bits per heavy atom. The minimum absolute atomic E-state index is 0.0235. The molecule has 0 radical (unpaired) electrons. The van der Waals surface area contributed by atoms with Gasteiger partial charge in [-0.05, 0) is 68.0 Å². The van der Waals surface area contributed by atoms with E-state index in [0.29, 0.717) is 22.9 Å². The summed E-state index contributed by atoms with van der Waals surface area (Å²) in [6.45, 7) is 7.59. The summed E-state index contributed by atoms with van der Waals surface area (Å²) >= 11 is 0. The average Bonchev–Trinajstić information content (AvgIpc) is 2.74. The van der Waals surface area contributed by atoms with Crippen LogP contribution >= 0.6 is 0 Å². The molecule has 0 saturated carbocycles. The summed E-state index contributed by atoms with van der Waals surface area (Å²) in [4.78, 5) is 27.1. The van der Waals surface area contributed by atoms with E-state index in [1.807, 2.05) is 29.2 Å². The van der Waals surface area contributed by atoms with Crippen LogP contribution in [0.3, 0.4) is 0 Å². The Labute approximate surface area is 173 Å². The summed E-state index contributed by atoms with van der Waals surface area (Å²) in [7, 11) is 0. The van der Waals surface area contributed by atoms with Gasteiger partial charge < -0.3 is 15.0 Å². The fraction of sp³-hybridized carbons (Fsp3) is 0.417. The van der Waals surface area contributed by atoms with Gasteiger partial charge in [-0.2, -0.15) is 0 Å². The van der Waals surface area contributed by atoms with Crippen molar-refractivity contribution in [3.05, 3.63) is 59.7 Å². The maximum Gasteiger partial charge on any atom is 0.265 e. The van der Waals surface area contributed by atoms with Crippen LogP contribution in [0.25, 0.3) is 0 Å². The molecule has 2 aromatic rings. The zero-order valence-electron chi connectivity index (χ0n) is 17.5. The molecular weight excluding hydrogens is 364 g/mol. The predicted octanol–water partition coefficient (Wildman–Crippen LogP) is 4.84. The second kappa shape index (κ2) is 9.59. The molecule has 29 heavy (non-hydrogen) atoms. The normalized spacial score (nSPS) is 15.1. The number of nitrogens with one attached hydrogen (secondary N) is 1. The van der Waals surface area contributed by atoms with Crippen molar-refractivity contribution in [3.63, 3.8) is 0 Å². The van der Waals surface area contributed by atoms with E-state index in [4.69, 9.17) is 4.74 Å². The first-order valence-electron chi connectivity index (χ1n) is 10.4. The Balaban J connectivity index is 1.60. The lowest BCUT2D eigenvalue weighted by Gasteiger charge is -2.26. The van der Waals surface area contributed by atoms with E-state index >= 15 is 0 Å². The quantitative estimate of drug-likeness (QED) is 0.762. The summed E-state index contributed by atoms with van der Waals surface area (Å²) < 4.78 is 5.77. The summed E-state index contributed by atoms with van der Waals surface area (Å²) in [5, 5.41) is 2.86. The molecule has 2 amide bonds. The molecule has 1 N–H and O–H groups in total. The fourth-order valence-corrected chi connectivity index (χ4v) is 3.44. The number of hydrogen-bond acceptors (Lipinski definition) is 3. The lowest BCUT2D eigenvalue weighted by atomic mass is 10.0. The summed E-state index contributed by atoms with van der Waals surface area (Å²) in [6.07, 6.45) is 2.63. The number of hydrogen-bond donors (Lipinski definition) is 1. The molecule has 1 aliphatic heterocycles. The third-order valence-corrected chi connectivity index (χ3v) is 5.25. The number of nitrogens with zero attached hydrogens (tertiary/aromatic N) is 1. The lowest BCUT2D eigenvalue weighted by Crippen LogP contribution is -2.35. The van der Waals surface area contributed by atoms with Gasteiger partial charge in [-0.3, -0.25) is 9.59 Å². The standard InChI is InChI=1S/C24H30N2O3/c1-17(2)19-10-12-22(13-11-19)29-18(3)23(27)25-21-9-7-8-20(16-21)24(28)26-14-5-4-6-15-26/h7-13,16-18H,4-6,14-15H2,1-3H3,(H,25,27). The van der Waals surface area contributed by atoms with Crippen molar-refractivity contribution in [2.24, 2.45) is 0 Å². The summed E-state index contributed by atoms with van der Waals surface area (Å²) in [5.41, 5.74) is 2.43. The molecule has 2 aromatic carbocycles. The van der Waals surface area contributed by atoms with E-state index in [0.717, 1.165) is 25.9 Å². The average molecular weight is 395 g/mol. The van der Waals surface area contributed by atoms with Crippen LogP contribution in [0.2, 0.25) is 0 Å². The maximum absolute atomic E-state index is 12.7. The highest BCUT2D eigenvalue weighted by Gasteiger charge is 2.19. The van der Waals surface area contributed by atoms with E-state index in [-0.39, 0.29) is 11.8 Å². The molecule has 5 heteroatoms. The van der Waals surface area contributed by atoms with Gasteiger partial charge in [0, 0.05) is 24.3 Å². The number of likely N-dealkylation sites (tertiary alicyclic amines) is 1. The van der Waals surface area contributed by atoms with Crippen LogP contribution in [0.4, 0.5) is 5.69 Å². The molecule has 1 heterocycles.